The first kappa shape index (κ1) is 17.7. The Morgan fingerprint density at radius 1 is 1.14 bits per heavy atom. The van der Waals surface area contributed by atoms with E-state index >= 15 is 0 Å². The molecule has 2 aromatic heterocycles. The van der Waals surface area contributed by atoms with Gasteiger partial charge in [0.05, 0.1) is 17.9 Å². The number of rotatable bonds is 5. The van der Waals surface area contributed by atoms with Gasteiger partial charge < -0.3 is 9.52 Å². The lowest BCUT2D eigenvalue weighted by Crippen LogP contribution is -2.31. The largest absolute Gasteiger partial charge is 0.503 e. The molecule has 0 bridgehead atoms. The van der Waals surface area contributed by atoms with Crippen LogP contribution in [0.1, 0.15) is 34.6 Å². The first-order valence-electron chi connectivity index (χ1n) is 8.95. The molecule has 6 nitrogen and oxygen atoms in total. The van der Waals surface area contributed by atoms with Crippen molar-refractivity contribution < 1.29 is 19.1 Å². The van der Waals surface area contributed by atoms with Crippen molar-refractivity contribution in [2.45, 2.75) is 19.4 Å². The maximum absolute atomic E-state index is 13.0. The van der Waals surface area contributed by atoms with Gasteiger partial charge in [-0.1, -0.05) is 19.1 Å². The van der Waals surface area contributed by atoms with Gasteiger partial charge in [-0.3, -0.25) is 19.5 Å². The third-order valence-corrected chi connectivity index (χ3v) is 4.84. The lowest BCUT2D eigenvalue weighted by Gasteiger charge is -2.26. The fourth-order valence-electron chi connectivity index (χ4n) is 3.40. The van der Waals surface area contributed by atoms with E-state index in [9.17, 15) is 14.7 Å². The molecule has 1 aromatic carbocycles. The number of furan rings is 1. The Hall–Kier alpha value is -3.67. The normalized spacial score (nSPS) is 16.7. The van der Waals surface area contributed by atoms with Gasteiger partial charge in [-0.25, -0.2) is 0 Å². The van der Waals surface area contributed by atoms with E-state index in [-0.39, 0.29) is 11.3 Å². The van der Waals surface area contributed by atoms with Gasteiger partial charge >= 0.3 is 0 Å². The van der Waals surface area contributed by atoms with Gasteiger partial charge in [0.1, 0.15) is 0 Å². The highest BCUT2D eigenvalue weighted by Gasteiger charge is 2.45. The number of amides is 1. The number of hydrogen-bond acceptors (Lipinski definition) is 5. The number of benzene rings is 1. The molecule has 1 atom stereocenters. The van der Waals surface area contributed by atoms with Crippen LogP contribution in [0.3, 0.4) is 0 Å². The number of aryl methyl sites for hydroxylation is 1. The van der Waals surface area contributed by atoms with Crippen LogP contribution in [0, 0.1) is 0 Å². The summed E-state index contributed by atoms with van der Waals surface area (Å²) in [4.78, 5) is 31.4. The number of hydrogen-bond donors (Lipinski definition) is 1. The summed E-state index contributed by atoms with van der Waals surface area (Å²) in [6, 6.07) is 13.3. The molecule has 0 saturated heterocycles. The molecule has 0 radical (unpaired) electrons. The van der Waals surface area contributed by atoms with Crippen LogP contribution in [0.2, 0.25) is 0 Å². The Bertz CT molecular complexity index is 1040. The zero-order valence-corrected chi connectivity index (χ0v) is 15.2. The van der Waals surface area contributed by atoms with Crippen molar-refractivity contribution in [2.75, 3.05) is 4.90 Å². The van der Waals surface area contributed by atoms with Crippen LogP contribution in [-0.4, -0.2) is 21.8 Å². The number of ketones is 1. The maximum atomic E-state index is 13.0. The molecule has 1 aliphatic heterocycles. The van der Waals surface area contributed by atoms with E-state index in [1.54, 1.807) is 30.6 Å². The number of aromatic nitrogens is 1. The minimum atomic E-state index is -0.777. The summed E-state index contributed by atoms with van der Waals surface area (Å²) in [5.74, 6) is -1.65. The number of aliphatic hydroxyl groups excluding tert-OH is 1. The summed E-state index contributed by atoms with van der Waals surface area (Å²) < 4.78 is 5.21. The van der Waals surface area contributed by atoms with E-state index < -0.39 is 23.5 Å². The topological polar surface area (TPSA) is 83.6 Å². The lowest BCUT2D eigenvalue weighted by atomic mass is 9.95. The fraction of sp³-hybridized carbons (Fsp3) is 0.136. The maximum Gasteiger partial charge on any atom is 0.294 e. The van der Waals surface area contributed by atoms with Crippen molar-refractivity contribution in [3.8, 4) is 0 Å². The second-order valence-corrected chi connectivity index (χ2v) is 6.45. The van der Waals surface area contributed by atoms with E-state index in [2.05, 4.69) is 4.98 Å². The van der Waals surface area contributed by atoms with Crippen molar-refractivity contribution in [3.63, 3.8) is 0 Å². The van der Waals surface area contributed by atoms with Crippen LogP contribution in [0.4, 0.5) is 5.69 Å². The monoisotopic (exact) mass is 374 g/mol. The van der Waals surface area contributed by atoms with Crippen molar-refractivity contribution in [2.24, 2.45) is 0 Å². The Morgan fingerprint density at radius 3 is 2.46 bits per heavy atom. The number of carbonyl (C=O) groups is 2. The van der Waals surface area contributed by atoms with Crippen LogP contribution < -0.4 is 4.90 Å². The van der Waals surface area contributed by atoms with Crippen molar-refractivity contribution >= 4 is 17.4 Å². The summed E-state index contributed by atoms with van der Waals surface area (Å²) in [7, 11) is 0. The Morgan fingerprint density at radius 2 is 1.86 bits per heavy atom. The van der Waals surface area contributed by atoms with Gasteiger partial charge in [-0.05, 0) is 53.9 Å². The molecule has 0 saturated carbocycles. The number of aliphatic hydroxyl groups is 1. The van der Waals surface area contributed by atoms with Crippen LogP contribution >= 0.6 is 0 Å². The molecule has 3 aromatic rings. The Labute approximate surface area is 161 Å². The number of nitrogens with zero attached hydrogens (tertiary/aromatic N) is 2. The molecule has 1 aliphatic rings. The average Bonchev–Trinajstić information content (AvgIpc) is 3.36. The molecule has 28 heavy (non-hydrogen) atoms. The predicted octanol–water partition coefficient (Wildman–Crippen LogP) is 4.02. The second-order valence-electron chi connectivity index (χ2n) is 6.45. The first-order chi connectivity index (χ1) is 13.6. The first-order valence-corrected chi connectivity index (χ1v) is 8.95. The van der Waals surface area contributed by atoms with Gasteiger partial charge in [0.25, 0.3) is 5.91 Å². The van der Waals surface area contributed by atoms with E-state index in [0.717, 1.165) is 12.0 Å². The highest BCUT2D eigenvalue weighted by molar-refractivity contribution is 6.20. The smallest absolute Gasteiger partial charge is 0.294 e. The number of Topliss-reactive ketones (excluding diaryl/α,β-unsaturated/α-hetero) is 1. The highest BCUT2D eigenvalue weighted by atomic mass is 16.3. The molecule has 0 fully saturated rings. The van der Waals surface area contributed by atoms with E-state index in [1.165, 1.54) is 17.2 Å². The van der Waals surface area contributed by atoms with Crippen molar-refractivity contribution in [1.29, 1.82) is 0 Å². The molecule has 0 spiro atoms. The molecule has 6 heteroatoms. The van der Waals surface area contributed by atoms with Crippen LogP contribution in [0.5, 0.6) is 0 Å². The van der Waals surface area contributed by atoms with Crippen LogP contribution in [0.15, 0.2) is 82.9 Å². The Kier molecular flexibility index (Phi) is 4.53. The standard InChI is InChI=1S/C22H18N2O4/c1-2-14-5-7-16(8-6-14)24-19(15-9-11-23-12-10-15)18(21(26)22(24)27)20(25)17-4-3-13-28-17/h3-13,19,26H,2H2,1H3. The molecule has 140 valence electrons. The van der Waals surface area contributed by atoms with Gasteiger partial charge in [0.15, 0.2) is 11.5 Å². The highest BCUT2D eigenvalue weighted by Crippen LogP contribution is 2.41. The third kappa shape index (κ3) is 2.89. The van der Waals surface area contributed by atoms with Gasteiger partial charge in [-0.2, -0.15) is 0 Å². The number of pyridine rings is 1. The van der Waals surface area contributed by atoms with Gasteiger partial charge in [-0.15, -0.1) is 0 Å². The van der Waals surface area contributed by atoms with Crippen LogP contribution in [-0.2, 0) is 11.2 Å². The van der Waals surface area contributed by atoms with Gasteiger partial charge in [0, 0.05) is 18.1 Å². The van der Waals surface area contributed by atoms with E-state index in [4.69, 9.17) is 4.42 Å². The summed E-state index contributed by atoms with van der Waals surface area (Å²) in [5.41, 5.74) is 2.38. The van der Waals surface area contributed by atoms with Crippen molar-refractivity contribution in [3.05, 3.63) is 95.4 Å². The minimum Gasteiger partial charge on any atom is -0.503 e. The molecule has 0 aliphatic carbocycles. The quantitative estimate of drug-likeness (QED) is 0.682. The molecule has 3 heterocycles. The second kappa shape index (κ2) is 7.15. The minimum absolute atomic E-state index is 0.00859. The number of anilines is 1. The van der Waals surface area contributed by atoms with Gasteiger partial charge in [0.2, 0.25) is 5.78 Å². The van der Waals surface area contributed by atoms with Crippen LogP contribution in [0.25, 0.3) is 0 Å². The summed E-state index contributed by atoms with van der Waals surface area (Å²) in [6.45, 7) is 2.04. The predicted molar refractivity (Wildman–Crippen MR) is 103 cm³/mol. The fourth-order valence-corrected chi connectivity index (χ4v) is 3.40. The molecular weight excluding hydrogens is 356 g/mol. The molecule has 1 amide bonds. The zero-order valence-electron chi connectivity index (χ0n) is 15.2. The Balaban J connectivity index is 1.85. The SMILES string of the molecule is CCc1ccc(N2C(=O)C(O)=C(C(=O)c3ccco3)C2c2ccncc2)cc1. The molecular formula is C22H18N2O4. The van der Waals surface area contributed by atoms with E-state index in [1.807, 2.05) is 31.2 Å². The summed E-state index contributed by atoms with van der Waals surface area (Å²) in [5, 5.41) is 10.6. The summed E-state index contributed by atoms with van der Waals surface area (Å²) >= 11 is 0. The number of carbonyl (C=O) groups excluding carboxylic acids is 2. The van der Waals surface area contributed by atoms with E-state index in [0.29, 0.717) is 11.3 Å². The summed E-state index contributed by atoms with van der Waals surface area (Å²) in [6.07, 6.45) is 5.42. The average molecular weight is 374 g/mol. The molecule has 1 N–H and O–H groups in total. The lowest BCUT2D eigenvalue weighted by molar-refractivity contribution is -0.117. The van der Waals surface area contributed by atoms with Crippen molar-refractivity contribution in [1.82, 2.24) is 4.98 Å². The third-order valence-electron chi connectivity index (χ3n) is 4.84. The molecule has 4 rings (SSSR count). The zero-order chi connectivity index (χ0) is 19.7. The molecule has 1 unspecified atom stereocenters.